The van der Waals surface area contributed by atoms with E-state index in [1.54, 1.807) is 37.3 Å². The second-order valence-corrected chi connectivity index (χ2v) is 11.0. The lowest BCUT2D eigenvalue weighted by molar-refractivity contribution is -0.120. The molecule has 1 aliphatic heterocycles. The first-order chi connectivity index (χ1) is 17.2. The number of rotatable bonds is 7. The zero-order valence-electron chi connectivity index (χ0n) is 20.3. The Balaban J connectivity index is 1.51. The van der Waals surface area contributed by atoms with Gasteiger partial charge in [0.15, 0.2) is 10.7 Å². The third kappa shape index (κ3) is 5.64. The van der Waals surface area contributed by atoms with E-state index < -0.39 is 15.9 Å². The number of aryl methyl sites for hydroxylation is 2. The Morgan fingerprint density at radius 2 is 1.94 bits per heavy atom. The molecule has 1 N–H and O–H groups in total. The van der Waals surface area contributed by atoms with Crippen LogP contribution in [0, 0.1) is 19.8 Å². The van der Waals surface area contributed by atoms with Gasteiger partial charge in [-0.2, -0.15) is 4.31 Å². The number of anilines is 1. The van der Waals surface area contributed by atoms with Gasteiger partial charge < -0.3 is 14.6 Å². The van der Waals surface area contributed by atoms with Crippen molar-refractivity contribution < 1.29 is 22.5 Å². The molecule has 10 heteroatoms. The molecule has 1 amide bonds. The molecule has 0 aliphatic carbocycles. The molecule has 190 valence electrons. The summed E-state index contributed by atoms with van der Waals surface area (Å²) in [7, 11) is -2.43. The molecule has 0 saturated carbocycles. The molecule has 1 aromatic heterocycles. The van der Waals surface area contributed by atoms with E-state index in [-0.39, 0.29) is 28.8 Å². The molecular formula is C26H28ClN3O5S. The van der Waals surface area contributed by atoms with Crippen LogP contribution in [-0.4, -0.2) is 44.0 Å². The van der Waals surface area contributed by atoms with E-state index in [2.05, 4.69) is 10.5 Å². The number of hydrogen-bond donors (Lipinski definition) is 1. The summed E-state index contributed by atoms with van der Waals surface area (Å²) in [5.41, 5.74) is 2.83. The van der Waals surface area contributed by atoms with Crippen LogP contribution in [0.25, 0.3) is 12.2 Å². The fraction of sp³-hybridized carbons (Fsp3) is 0.308. The fourth-order valence-corrected chi connectivity index (χ4v) is 6.17. The van der Waals surface area contributed by atoms with Crippen molar-refractivity contribution in [2.45, 2.75) is 31.6 Å². The van der Waals surface area contributed by atoms with Crippen molar-refractivity contribution in [3.05, 3.63) is 70.1 Å². The van der Waals surface area contributed by atoms with E-state index in [4.69, 9.17) is 20.9 Å². The second kappa shape index (κ2) is 10.9. The summed E-state index contributed by atoms with van der Waals surface area (Å²) in [6.45, 7) is 3.97. The topological polar surface area (TPSA) is 102 Å². The maximum absolute atomic E-state index is 13.6. The van der Waals surface area contributed by atoms with Gasteiger partial charge in [0.2, 0.25) is 15.9 Å². The lowest BCUT2D eigenvalue weighted by Gasteiger charge is -2.31. The molecule has 0 spiro atoms. The molecule has 2 heterocycles. The van der Waals surface area contributed by atoms with Crippen molar-refractivity contribution in [3.63, 3.8) is 0 Å². The Labute approximate surface area is 215 Å². The lowest BCUT2D eigenvalue weighted by Crippen LogP contribution is -2.43. The number of ether oxygens (including phenoxy) is 1. The third-order valence-corrected chi connectivity index (χ3v) is 8.43. The Bertz CT molecular complexity index is 1380. The molecule has 0 radical (unpaired) electrons. The number of halogens is 1. The highest BCUT2D eigenvalue weighted by Gasteiger charge is 2.37. The van der Waals surface area contributed by atoms with Gasteiger partial charge in [-0.15, -0.1) is 0 Å². The van der Waals surface area contributed by atoms with Crippen molar-refractivity contribution in [2.24, 2.45) is 5.92 Å². The van der Waals surface area contributed by atoms with E-state index >= 15 is 0 Å². The van der Waals surface area contributed by atoms with Crippen molar-refractivity contribution in [1.82, 2.24) is 9.46 Å². The smallest absolute Gasteiger partial charge is 0.248 e. The number of nitrogens with one attached hydrogen (secondary N) is 1. The number of methoxy groups -OCH3 is 1. The van der Waals surface area contributed by atoms with Crippen molar-refractivity contribution in [3.8, 4) is 5.75 Å². The molecular weight excluding hydrogens is 502 g/mol. The van der Waals surface area contributed by atoms with Crippen molar-refractivity contribution >= 4 is 45.4 Å². The zero-order chi connectivity index (χ0) is 25.9. The van der Waals surface area contributed by atoms with Crippen molar-refractivity contribution in [1.29, 1.82) is 0 Å². The Morgan fingerprint density at radius 1 is 1.19 bits per heavy atom. The minimum atomic E-state index is -3.94. The molecule has 2 aromatic carbocycles. The van der Waals surface area contributed by atoms with Crippen LogP contribution in [0.15, 0.2) is 51.9 Å². The predicted octanol–water partition coefficient (Wildman–Crippen LogP) is 5.16. The Kier molecular flexibility index (Phi) is 7.82. The van der Waals surface area contributed by atoms with E-state index in [1.807, 2.05) is 31.2 Å². The Hall–Kier alpha value is -3.14. The monoisotopic (exact) mass is 529 g/mol. The lowest BCUT2D eigenvalue weighted by atomic mass is 9.98. The quantitative estimate of drug-likeness (QED) is 0.453. The second-order valence-electron chi connectivity index (χ2n) is 8.75. The highest BCUT2D eigenvalue weighted by Crippen LogP contribution is 2.31. The summed E-state index contributed by atoms with van der Waals surface area (Å²) in [6.07, 6.45) is 4.52. The summed E-state index contributed by atoms with van der Waals surface area (Å²) >= 11 is 6.16. The van der Waals surface area contributed by atoms with Crippen LogP contribution >= 0.6 is 11.6 Å². The average Bonchev–Trinajstić information content (AvgIpc) is 3.25. The summed E-state index contributed by atoms with van der Waals surface area (Å²) in [4.78, 5) is 13.0. The Morgan fingerprint density at radius 3 is 2.64 bits per heavy atom. The first-order valence-electron chi connectivity index (χ1n) is 11.5. The maximum Gasteiger partial charge on any atom is 0.248 e. The molecule has 36 heavy (non-hydrogen) atoms. The van der Waals surface area contributed by atoms with Crippen LogP contribution in [0.2, 0.25) is 5.02 Å². The summed E-state index contributed by atoms with van der Waals surface area (Å²) in [5.74, 6) is -0.118. The van der Waals surface area contributed by atoms with E-state index in [0.29, 0.717) is 35.8 Å². The third-order valence-electron chi connectivity index (χ3n) is 6.11. The largest absolute Gasteiger partial charge is 0.495 e. The minimum Gasteiger partial charge on any atom is -0.495 e. The molecule has 0 bridgehead atoms. The number of benzene rings is 2. The first-order valence-corrected chi connectivity index (χ1v) is 13.4. The standard InChI is InChI=1S/C26H28ClN3O5S/c1-17-6-8-19(9-7-17)10-12-24-25(18(2)29-35-24)36(32,33)30-14-4-5-20(16-30)26(31)28-21-11-13-23(34-3)22(27)15-21/h6-13,15,20H,4-5,14,16H2,1-3H3,(H,28,31)/b12-10+/t20-/m1/s1. The molecule has 1 fully saturated rings. The van der Waals surface area contributed by atoms with Crippen LogP contribution in [0.4, 0.5) is 5.69 Å². The van der Waals surface area contributed by atoms with Gasteiger partial charge in [-0.3, -0.25) is 4.79 Å². The van der Waals surface area contributed by atoms with Crippen LogP contribution in [-0.2, 0) is 14.8 Å². The van der Waals surface area contributed by atoms with E-state index in [9.17, 15) is 13.2 Å². The zero-order valence-corrected chi connectivity index (χ0v) is 21.9. The minimum absolute atomic E-state index is 0.0221. The number of nitrogens with zero attached hydrogens (tertiary/aromatic N) is 2. The van der Waals surface area contributed by atoms with Gasteiger partial charge in [0.05, 0.1) is 18.1 Å². The number of carbonyl (C=O) groups excluding carboxylic acids is 1. The van der Waals surface area contributed by atoms with E-state index in [0.717, 1.165) is 11.1 Å². The van der Waals surface area contributed by atoms with Gasteiger partial charge >= 0.3 is 0 Å². The number of aromatic nitrogens is 1. The molecule has 8 nitrogen and oxygen atoms in total. The van der Waals surface area contributed by atoms with E-state index in [1.165, 1.54) is 11.4 Å². The molecule has 0 unspecified atom stereocenters. The molecule has 1 atom stereocenters. The maximum atomic E-state index is 13.6. The van der Waals surface area contributed by atoms with Crippen LogP contribution in [0.5, 0.6) is 5.75 Å². The number of amides is 1. The molecule has 1 saturated heterocycles. The van der Waals surface area contributed by atoms with Gasteiger partial charge in [0, 0.05) is 18.8 Å². The van der Waals surface area contributed by atoms with Crippen LogP contribution in [0.3, 0.4) is 0 Å². The summed E-state index contributed by atoms with van der Waals surface area (Å²) in [6, 6.07) is 12.8. The highest BCUT2D eigenvalue weighted by atomic mass is 35.5. The first kappa shape index (κ1) is 25.9. The van der Waals surface area contributed by atoms with Gasteiger partial charge in [-0.1, -0.05) is 52.7 Å². The average molecular weight is 530 g/mol. The summed E-state index contributed by atoms with van der Waals surface area (Å²) in [5, 5.41) is 7.11. The normalized spacial score (nSPS) is 16.8. The number of piperidine rings is 1. The van der Waals surface area contributed by atoms with Gasteiger partial charge in [0.25, 0.3) is 0 Å². The van der Waals surface area contributed by atoms with Crippen LogP contribution < -0.4 is 10.1 Å². The summed E-state index contributed by atoms with van der Waals surface area (Å²) < 4.78 is 39.1. The van der Waals surface area contributed by atoms with Gasteiger partial charge in [0.1, 0.15) is 11.4 Å². The number of carbonyl (C=O) groups is 1. The van der Waals surface area contributed by atoms with Crippen molar-refractivity contribution in [2.75, 3.05) is 25.5 Å². The van der Waals surface area contributed by atoms with Gasteiger partial charge in [-0.25, -0.2) is 8.42 Å². The highest BCUT2D eigenvalue weighted by molar-refractivity contribution is 7.89. The molecule has 4 rings (SSSR count). The fourth-order valence-electron chi connectivity index (χ4n) is 4.14. The van der Waals surface area contributed by atoms with Gasteiger partial charge in [-0.05, 0) is 56.5 Å². The molecule has 3 aromatic rings. The molecule has 1 aliphatic rings. The van der Waals surface area contributed by atoms with Crippen LogP contribution in [0.1, 0.15) is 35.4 Å². The predicted molar refractivity (Wildman–Crippen MR) is 139 cm³/mol. The number of hydrogen-bond acceptors (Lipinski definition) is 6. The number of sulfonamides is 1. The SMILES string of the molecule is COc1ccc(NC(=O)[C@@H]2CCCN(S(=O)(=O)c3c(C)noc3/C=C/c3ccc(C)cc3)C2)cc1Cl.